The van der Waals surface area contributed by atoms with Crippen LogP contribution in [0.3, 0.4) is 0 Å². The Morgan fingerprint density at radius 3 is 2.68 bits per heavy atom. The van der Waals surface area contributed by atoms with E-state index in [-0.39, 0.29) is 17.8 Å². The number of para-hydroxylation sites is 1. The van der Waals surface area contributed by atoms with Crippen molar-refractivity contribution in [1.29, 1.82) is 0 Å². The van der Waals surface area contributed by atoms with Crippen LogP contribution in [0.25, 0.3) is 16.8 Å². The number of nitrogens with two attached hydrogens (primary N) is 1. The van der Waals surface area contributed by atoms with Gasteiger partial charge in [-0.1, -0.05) is 18.2 Å². The van der Waals surface area contributed by atoms with Gasteiger partial charge in [0.2, 0.25) is 0 Å². The fraction of sp³-hybridized carbons (Fsp3) is 0.320. The molecular weight excluding hydrogens is 435 g/mol. The molecule has 1 saturated heterocycles. The van der Waals surface area contributed by atoms with Crippen LogP contribution in [0.1, 0.15) is 24.6 Å². The molecule has 3 heterocycles. The van der Waals surface area contributed by atoms with Gasteiger partial charge in [-0.2, -0.15) is 5.10 Å². The van der Waals surface area contributed by atoms with E-state index in [9.17, 15) is 0 Å². The number of nitrogen functional groups attached to an aromatic ring is 1. The third-order valence-corrected chi connectivity index (χ3v) is 5.96. The molecule has 5 rings (SSSR count). The van der Waals surface area contributed by atoms with Crippen LogP contribution in [-0.4, -0.2) is 57.8 Å². The molecule has 0 aliphatic carbocycles. The standard InChI is InChI=1S/C25H27FN6O2/c1-31(2)13-19-9-8-16(14-33-19)25-30-22(23-24(27)28-15-29-32(23)25)20-11-10-18(12-21(20)26)34-17-6-4-3-5-7-17/h3-7,10-12,15-16,19H,8-9,13-14H2,1-2H3,(H2,27,28,29)/t16-,19+/m1/s1. The molecule has 9 heteroatoms. The number of rotatable bonds is 6. The summed E-state index contributed by atoms with van der Waals surface area (Å²) in [6.45, 7) is 1.39. The molecule has 34 heavy (non-hydrogen) atoms. The van der Waals surface area contributed by atoms with E-state index in [1.54, 1.807) is 16.6 Å². The fourth-order valence-corrected chi connectivity index (χ4v) is 4.37. The van der Waals surface area contributed by atoms with Crippen molar-refractivity contribution in [2.75, 3.05) is 33.0 Å². The number of imidazole rings is 1. The van der Waals surface area contributed by atoms with Gasteiger partial charge in [0, 0.05) is 24.1 Å². The Labute approximate surface area is 197 Å². The maximum atomic E-state index is 15.3. The minimum atomic E-state index is -0.464. The van der Waals surface area contributed by atoms with Crippen LogP contribution in [0.4, 0.5) is 10.2 Å². The normalized spacial score (nSPS) is 18.5. The largest absolute Gasteiger partial charge is 0.457 e. The zero-order valence-electron chi connectivity index (χ0n) is 19.2. The van der Waals surface area contributed by atoms with E-state index in [1.165, 1.54) is 12.4 Å². The summed E-state index contributed by atoms with van der Waals surface area (Å²) in [6.07, 6.45) is 3.38. The summed E-state index contributed by atoms with van der Waals surface area (Å²) in [6, 6.07) is 14.0. The molecule has 0 saturated carbocycles. The van der Waals surface area contributed by atoms with Gasteiger partial charge in [0.1, 0.15) is 40.7 Å². The summed E-state index contributed by atoms with van der Waals surface area (Å²) in [4.78, 5) is 11.1. The number of fused-ring (bicyclic) bond motifs is 1. The monoisotopic (exact) mass is 462 g/mol. The predicted molar refractivity (Wildman–Crippen MR) is 127 cm³/mol. The highest BCUT2D eigenvalue weighted by Crippen LogP contribution is 2.36. The van der Waals surface area contributed by atoms with Crippen molar-refractivity contribution in [2.45, 2.75) is 24.9 Å². The maximum Gasteiger partial charge on any atom is 0.153 e. The summed E-state index contributed by atoms with van der Waals surface area (Å²) in [7, 11) is 4.07. The molecule has 0 bridgehead atoms. The Kier molecular flexibility index (Phi) is 6.12. The zero-order chi connectivity index (χ0) is 23.7. The minimum absolute atomic E-state index is 0.0257. The van der Waals surface area contributed by atoms with Crippen molar-refractivity contribution in [2.24, 2.45) is 0 Å². The van der Waals surface area contributed by atoms with Gasteiger partial charge >= 0.3 is 0 Å². The van der Waals surface area contributed by atoms with Gasteiger partial charge in [-0.05, 0) is 51.2 Å². The lowest BCUT2D eigenvalue weighted by Crippen LogP contribution is -2.34. The van der Waals surface area contributed by atoms with Crippen molar-refractivity contribution in [3.05, 3.63) is 66.5 Å². The Morgan fingerprint density at radius 2 is 1.97 bits per heavy atom. The van der Waals surface area contributed by atoms with Crippen molar-refractivity contribution in [1.82, 2.24) is 24.5 Å². The highest BCUT2D eigenvalue weighted by molar-refractivity contribution is 5.85. The third-order valence-electron chi connectivity index (χ3n) is 5.96. The molecule has 1 fully saturated rings. The second kappa shape index (κ2) is 9.36. The van der Waals surface area contributed by atoms with E-state index in [0.29, 0.717) is 40.7 Å². The zero-order valence-corrected chi connectivity index (χ0v) is 19.2. The van der Waals surface area contributed by atoms with Crippen LogP contribution >= 0.6 is 0 Å². The number of hydrogen-bond donors (Lipinski definition) is 1. The predicted octanol–water partition coefficient (Wildman–Crippen LogP) is 4.13. The Hall–Kier alpha value is -3.56. The van der Waals surface area contributed by atoms with E-state index < -0.39 is 5.82 Å². The van der Waals surface area contributed by atoms with Gasteiger partial charge in [-0.3, -0.25) is 0 Å². The van der Waals surface area contributed by atoms with Crippen LogP contribution in [0.15, 0.2) is 54.9 Å². The number of likely N-dealkylation sites (N-methyl/N-ethyl adjacent to an activating group) is 1. The van der Waals surface area contributed by atoms with E-state index in [1.807, 2.05) is 44.4 Å². The van der Waals surface area contributed by atoms with Gasteiger partial charge in [0.25, 0.3) is 0 Å². The molecule has 1 aliphatic rings. The summed E-state index contributed by atoms with van der Waals surface area (Å²) in [5.41, 5.74) is 7.41. The fourth-order valence-electron chi connectivity index (χ4n) is 4.37. The number of aromatic nitrogens is 4. The quantitative estimate of drug-likeness (QED) is 0.461. The van der Waals surface area contributed by atoms with Gasteiger partial charge in [0.05, 0.1) is 12.7 Å². The Balaban J connectivity index is 1.47. The van der Waals surface area contributed by atoms with Crippen LogP contribution in [0, 0.1) is 5.82 Å². The van der Waals surface area contributed by atoms with E-state index in [4.69, 9.17) is 20.2 Å². The summed E-state index contributed by atoms with van der Waals surface area (Å²) >= 11 is 0. The average molecular weight is 463 g/mol. The summed E-state index contributed by atoms with van der Waals surface area (Å²) < 4.78 is 28.8. The van der Waals surface area contributed by atoms with Gasteiger partial charge in [0.15, 0.2) is 5.82 Å². The summed E-state index contributed by atoms with van der Waals surface area (Å²) in [5, 5.41) is 4.39. The first kappa shape index (κ1) is 22.2. The lowest BCUT2D eigenvalue weighted by Gasteiger charge is -2.29. The smallest absolute Gasteiger partial charge is 0.153 e. The van der Waals surface area contributed by atoms with Crippen molar-refractivity contribution in [3.8, 4) is 22.8 Å². The maximum absolute atomic E-state index is 15.3. The molecule has 0 radical (unpaired) electrons. The molecule has 1 aliphatic heterocycles. The van der Waals surface area contributed by atoms with Crippen LogP contribution < -0.4 is 10.5 Å². The molecule has 2 aromatic carbocycles. The van der Waals surface area contributed by atoms with Gasteiger partial charge in [-0.25, -0.2) is 18.9 Å². The van der Waals surface area contributed by atoms with Crippen molar-refractivity contribution >= 4 is 11.3 Å². The van der Waals surface area contributed by atoms with E-state index >= 15 is 4.39 Å². The molecular formula is C25H27FN6O2. The highest BCUT2D eigenvalue weighted by Gasteiger charge is 2.29. The molecule has 0 spiro atoms. The van der Waals surface area contributed by atoms with Crippen molar-refractivity contribution < 1.29 is 13.9 Å². The van der Waals surface area contributed by atoms with Crippen LogP contribution in [0.2, 0.25) is 0 Å². The Morgan fingerprint density at radius 1 is 1.15 bits per heavy atom. The van der Waals surface area contributed by atoms with Crippen molar-refractivity contribution in [3.63, 3.8) is 0 Å². The molecule has 2 N–H and O–H groups in total. The second-order valence-corrected chi connectivity index (χ2v) is 8.77. The number of nitrogens with zero attached hydrogens (tertiary/aromatic N) is 5. The molecule has 8 nitrogen and oxygen atoms in total. The first-order valence-corrected chi connectivity index (χ1v) is 11.3. The number of ether oxygens (including phenoxy) is 2. The first-order valence-electron chi connectivity index (χ1n) is 11.3. The number of benzene rings is 2. The van der Waals surface area contributed by atoms with Crippen LogP contribution in [0.5, 0.6) is 11.5 Å². The summed E-state index contributed by atoms with van der Waals surface area (Å²) in [5.74, 6) is 1.54. The van der Waals surface area contributed by atoms with Gasteiger partial charge in [-0.15, -0.1) is 0 Å². The first-order chi connectivity index (χ1) is 16.5. The average Bonchev–Trinajstić information content (AvgIpc) is 3.21. The number of anilines is 1. The lowest BCUT2D eigenvalue weighted by atomic mass is 9.97. The minimum Gasteiger partial charge on any atom is -0.457 e. The molecule has 176 valence electrons. The molecule has 4 aromatic rings. The lowest BCUT2D eigenvalue weighted by molar-refractivity contribution is -0.0106. The molecule has 0 amide bonds. The Bertz CT molecular complexity index is 1290. The topological polar surface area (TPSA) is 90.8 Å². The number of hydrogen-bond acceptors (Lipinski definition) is 7. The third kappa shape index (κ3) is 4.44. The van der Waals surface area contributed by atoms with Gasteiger partial charge < -0.3 is 20.1 Å². The van der Waals surface area contributed by atoms with E-state index in [0.717, 1.165) is 19.4 Å². The highest BCUT2D eigenvalue weighted by atomic mass is 19.1. The second-order valence-electron chi connectivity index (χ2n) is 8.77. The molecule has 2 atom stereocenters. The van der Waals surface area contributed by atoms with Crippen LogP contribution in [-0.2, 0) is 4.74 Å². The molecule has 0 unspecified atom stereocenters. The SMILES string of the molecule is CN(C)C[C@@H]1CC[C@@H](c2nc(-c3ccc(Oc4ccccc4)cc3F)c3c(N)ncnn23)CO1. The molecule has 2 aromatic heterocycles. The van der Waals surface area contributed by atoms with E-state index in [2.05, 4.69) is 15.0 Å². The number of halogens is 1.